The van der Waals surface area contributed by atoms with Crippen molar-refractivity contribution < 1.29 is 4.74 Å². The zero-order valence-electron chi connectivity index (χ0n) is 10.5. The molecule has 2 saturated heterocycles. The van der Waals surface area contributed by atoms with E-state index in [9.17, 15) is 0 Å². The van der Waals surface area contributed by atoms with Gasteiger partial charge in [0, 0.05) is 31.7 Å². The number of rotatable bonds is 2. The zero-order chi connectivity index (χ0) is 12.1. The quantitative estimate of drug-likeness (QED) is 0.435. The van der Waals surface area contributed by atoms with Crippen LogP contribution in [0.15, 0.2) is 4.99 Å². The van der Waals surface area contributed by atoms with Crippen LogP contribution in [0.25, 0.3) is 0 Å². The van der Waals surface area contributed by atoms with E-state index in [4.69, 9.17) is 11.2 Å². The van der Waals surface area contributed by atoms with E-state index < -0.39 is 0 Å². The smallest absolute Gasteiger partial charge is 0.194 e. The number of guanidine groups is 1. The molecule has 1 unspecified atom stereocenters. The van der Waals surface area contributed by atoms with E-state index in [1.54, 1.807) is 0 Å². The molecule has 2 rings (SSSR count). The van der Waals surface area contributed by atoms with Gasteiger partial charge in [-0.05, 0) is 19.8 Å². The van der Waals surface area contributed by atoms with E-state index in [0.717, 1.165) is 38.8 Å². The van der Waals surface area contributed by atoms with Crippen LogP contribution in [0.5, 0.6) is 0 Å². The molecule has 4 nitrogen and oxygen atoms in total. The molecular weight excluding hydrogens is 214 g/mol. The lowest BCUT2D eigenvalue weighted by Gasteiger charge is -2.24. The zero-order valence-corrected chi connectivity index (χ0v) is 10.5. The predicted molar refractivity (Wildman–Crippen MR) is 68.9 cm³/mol. The number of hydrogen-bond donors (Lipinski definition) is 1. The number of ether oxygens (including phenoxy) is 1. The van der Waals surface area contributed by atoms with Crippen molar-refractivity contribution >= 4 is 5.96 Å². The monoisotopic (exact) mass is 235 g/mol. The minimum absolute atomic E-state index is 0.367. The van der Waals surface area contributed by atoms with Gasteiger partial charge in [-0.2, -0.15) is 0 Å². The van der Waals surface area contributed by atoms with Crippen molar-refractivity contribution in [2.45, 2.75) is 19.8 Å². The van der Waals surface area contributed by atoms with Gasteiger partial charge < -0.3 is 15.0 Å². The van der Waals surface area contributed by atoms with Gasteiger partial charge in [-0.3, -0.25) is 0 Å². The first-order valence-corrected chi connectivity index (χ1v) is 6.34. The highest BCUT2D eigenvalue weighted by Crippen LogP contribution is 2.38. The summed E-state index contributed by atoms with van der Waals surface area (Å²) in [7, 11) is 0. The van der Waals surface area contributed by atoms with Gasteiger partial charge in [0.1, 0.15) is 6.54 Å². The Morgan fingerprint density at radius 3 is 3.12 bits per heavy atom. The van der Waals surface area contributed by atoms with E-state index in [0.29, 0.717) is 12.0 Å². The molecule has 1 atom stereocenters. The minimum Gasteiger partial charge on any atom is -0.381 e. The van der Waals surface area contributed by atoms with Gasteiger partial charge in [0.05, 0.1) is 6.61 Å². The third kappa shape index (κ3) is 2.73. The standard InChI is InChI=1S/C13H21N3O/c1-3-7-15-12(14-4-2)16-8-5-13(10-16)6-9-17-11-13/h1H,4-11H2,2H3,(H,14,15). The first-order chi connectivity index (χ1) is 8.29. The summed E-state index contributed by atoms with van der Waals surface area (Å²) in [5.41, 5.74) is 0.367. The van der Waals surface area contributed by atoms with Crippen molar-refractivity contribution in [3.8, 4) is 12.3 Å². The molecule has 0 bridgehead atoms. The summed E-state index contributed by atoms with van der Waals surface area (Å²) >= 11 is 0. The summed E-state index contributed by atoms with van der Waals surface area (Å²) in [6.07, 6.45) is 7.64. The number of hydrogen-bond acceptors (Lipinski definition) is 2. The first-order valence-electron chi connectivity index (χ1n) is 6.34. The number of terminal acetylenes is 1. The van der Waals surface area contributed by atoms with Gasteiger partial charge in [-0.1, -0.05) is 5.92 Å². The Morgan fingerprint density at radius 1 is 1.59 bits per heavy atom. The lowest BCUT2D eigenvalue weighted by atomic mass is 9.87. The molecule has 0 aromatic heterocycles. The Hall–Kier alpha value is -1.21. The first kappa shape index (κ1) is 12.3. The van der Waals surface area contributed by atoms with Crippen molar-refractivity contribution in [1.82, 2.24) is 10.2 Å². The van der Waals surface area contributed by atoms with Crippen LogP contribution in [-0.4, -0.2) is 50.3 Å². The minimum atomic E-state index is 0.367. The average Bonchev–Trinajstić information content (AvgIpc) is 2.96. The second-order valence-corrected chi connectivity index (χ2v) is 4.85. The summed E-state index contributed by atoms with van der Waals surface area (Å²) in [5.74, 6) is 3.52. The Morgan fingerprint density at radius 2 is 2.47 bits per heavy atom. The Kier molecular flexibility index (Phi) is 3.90. The highest BCUT2D eigenvalue weighted by molar-refractivity contribution is 5.80. The summed E-state index contributed by atoms with van der Waals surface area (Å²) in [4.78, 5) is 6.74. The van der Waals surface area contributed by atoms with E-state index in [-0.39, 0.29) is 0 Å². The second-order valence-electron chi connectivity index (χ2n) is 4.85. The van der Waals surface area contributed by atoms with E-state index >= 15 is 0 Å². The van der Waals surface area contributed by atoms with Crippen LogP contribution in [0, 0.1) is 17.8 Å². The Labute approximate surface area is 103 Å². The lowest BCUT2D eigenvalue weighted by molar-refractivity contribution is 0.156. The molecule has 17 heavy (non-hydrogen) atoms. The molecule has 2 aliphatic heterocycles. The molecule has 0 aromatic rings. The van der Waals surface area contributed by atoms with Gasteiger partial charge in [-0.25, -0.2) is 4.99 Å². The van der Waals surface area contributed by atoms with Crippen LogP contribution in [0.1, 0.15) is 19.8 Å². The van der Waals surface area contributed by atoms with Crippen LogP contribution in [0.2, 0.25) is 0 Å². The molecule has 2 heterocycles. The van der Waals surface area contributed by atoms with Crippen LogP contribution in [0.4, 0.5) is 0 Å². The average molecular weight is 235 g/mol. The summed E-state index contributed by atoms with van der Waals surface area (Å²) in [5, 5.41) is 3.31. The maximum absolute atomic E-state index is 5.53. The molecule has 0 aliphatic carbocycles. The summed E-state index contributed by atoms with van der Waals surface area (Å²) in [6.45, 7) is 7.31. The Balaban J connectivity index is 1.99. The Bertz CT molecular complexity index is 326. The number of likely N-dealkylation sites (tertiary alicyclic amines) is 1. The van der Waals surface area contributed by atoms with Crippen LogP contribution < -0.4 is 5.32 Å². The molecular formula is C13H21N3O. The predicted octanol–water partition coefficient (Wildman–Crippen LogP) is 0.697. The topological polar surface area (TPSA) is 36.9 Å². The van der Waals surface area contributed by atoms with Gasteiger partial charge in [0.2, 0.25) is 0 Å². The molecule has 2 fully saturated rings. The van der Waals surface area contributed by atoms with Crippen molar-refractivity contribution in [2.24, 2.45) is 10.4 Å². The van der Waals surface area contributed by atoms with E-state index in [1.165, 1.54) is 12.8 Å². The van der Waals surface area contributed by atoms with Crippen molar-refractivity contribution in [2.75, 3.05) is 39.4 Å². The molecule has 0 radical (unpaired) electrons. The van der Waals surface area contributed by atoms with E-state index in [1.807, 2.05) is 0 Å². The van der Waals surface area contributed by atoms with Crippen molar-refractivity contribution in [3.05, 3.63) is 0 Å². The maximum atomic E-state index is 5.53. The van der Waals surface area contributed by atoms with Crippen molar-refractivity contribution in [3.63, 3.8) is 0 Å². The molecule has 0 saturated carbocycles. The van der Waals surface area contributed by atoms with E-state index in [2.05, 4.69) is 28.1 Å². The fourth-order valence-electron chi connectivity index (χ4n) is 2.63. The van der Waals surface area contributed by atoms with Gasteiger partial charge in [0.15, 0.2) is 5.96 Å². The number of aliphatic imine (C=N–C) groups is 1. The fraction of sp³-hybridized carbons (Fsp3) is 0.769. The normalized spacial score (nSPS) is 28.7. The third-order valence-electron chi connectivity index (χ3n) is 3.58. The molecule has 0 aromatic carbocycles. The number of nitrogens with one attached hydrogen (secondary N) is 1. The SMILES string of the molecule is C#CCN=C(NCC)N1CCC2(CCOC2)C1. The van der Waals surface area contributed by atoms with Crippen LogP contribution in [0.3, 0.4) is 0 Å². The molecule has 2 aliphatic rings. The molecule has 1 spiro atoms. The summed E-state index contributed by atoms with van der Waals surface area (Å²) < 4.78 is 5.53. The third-order valence-corrected chi connectivity index (χ3v) is 3.58. The molecule has 94 valence electrons. The molecule has 1 N–H and O–H groups in total. The number of nitrogens with zero attached hydrogens (tertiary/aromatic N) is 2. The van der Waals surface area contributed by atoms with Crippen molar-refractivity contribution in [1.29, 1.82) is 0 Å². The fourth-order valence-corrected chi connectivity index (χ4v) is 2.63. The maximum Gasteiger partial charge on any atom is 0.194 e. The largest absolute Gasteiger partial charge is 0.381 e. The highest BCUT2D eigenvalue weighted by atomic mass is 16.5. The van der Waals surface area contributed by atoms with Crippen LogP contribution in [-0.2, 0) is 4.74 Å². The summed E-state index contributed by atoms with van der Waals surface area (Å²) in [6, 6.07) is 0. The van der Waals surface area contributed by atoms with Gasteiger partial charge in [0.25, 0.3) is 0 Å². The lowest BCUT2D eigenvalue weighted by Crippen LogP contribution is -2.41. The van der Waals surface area contributed by atoms with Gasteiger partial charge >= 0.3 is 0 Å². The van der Waals surface area contributed by atoms with Crippen LogP contribution >= 0.6 is 0 Å². The highest BCUT2D eigenvalue weighted by Gasteiger charge is 2.42. The molecule has 4 heteroatoms. The van der Waals surface area contributed by atoms with Gasteiger partial charge in [-0.15, -0.1) is 6.42 Å². The molecule has 0 amide bonds. The second kappa shape index (κ2) is 5.42.